The summed E-state index contributed by atoms with van der Waals surface area (Å²) in [5.74, 6) is -0.585. The van der Waals surface area contributed by atoms with E-state index in [0.717, 1.165) is 10.2 Å². The fraction of sp³-hybridized carbons (Fsp3) is 0.476. The van der Waals surface area contributed by atoms with Crippen molar-refractivity contribution < 1.29 is 28.7 Å². The van der Waals surface area contributed by atoms with Crippen LogP contribution in [0.5, 0.6) is 0 Å². The van der Waals surface area contributed by atoms with E-state index in [1.165, 1.54) is 30.2 Å². The van der Waals surface area contributed by atoms with Gasteiger partial charge in [0, 0.05) is 33.2 Å². The summed E-state index contributed by atoms with van der Waals surface area (Å²) in [6.45, 7) is 3.84. The van der Waals surface area contributed by atoms with Gasteiger partial charge in [-0.15, -0.1) is 11.8 Å². The van der Waals surface area contributed by atoms with Gasteiger partial charge in [0.1, 0.15) is 0 Å². The Hall–Kier alpha value is -2.86. The molecular formula is C21H26N4O6S2. The summed E-state index contributed by atoms with van der Waals surface area (Å²) in [7, 11) is 3.13. The van der Waals surface area contributed by atoms with Gasteiger partial charge < -0.3 is 23.8 Å². The van der Waals surface area contributed by atoms with Gasteiger partial charge in [-0.2, -0.15) is 4.99 Å². The minimum absolute atomic E-state index is 0.0703. The minimum atomic E-state index is -0.425. The molecule has 0 aliphatic carbocycles. The topological polar surface area (TPSA) is 111 Å². The van der Waals surface area contributed by atoms with Crippen LogP contribution in [-0.4, -0.2) is 89.6 Å². The lowest BCUT2D eigenvalue weighted by atomic mass is 10.2. The van der Waals surface area contributed by atoms with Crippen LogP contribution in [-0.2, 0) is 26.1 Å². The van der Waals surface area contributed by atoms with E-state index in [1.807, 2.05) is 0 Å². The van der Waals surface area contributed by atoms with Crippen molar-refractivity contribution in [1.29, 1.82) is 0 Å². The molecule has 0 bridgehead atoms. The van der Waals surface area contributed by atoms with Gasteiger partial charge in [0.25, 0.3) is 5.91 Å². The highest BCUT2D eigenvalue weighted by Gasteiger charge is 2.24. The summed E-state index contributed by atoms with van der Waals surface area (Å²) >= 11 is 2.52. The van der Waals surface area contributed by atoms with Crippen LogP contribution in [0.4, 0.5) is 4.79 Å². The predicted molar refractivity (Wildman–Crippen MR) is 125 cm³/mol. The molecule has 1 saturated heterocycles. The van der Waals surface area contributed by atoms with Crippen LogP contribution in [0.3, 0.4) is 0 Å². The predicted octanol–water partition coefficient (Wildman–Crippen LogP) is 1.49. The molecule has 178 valence electrons. The van der Waals surface area contributed by atoms with Gasteiger partial charge in [-0.05, 0) is 25.1 Å². The first-order valence-electron chi connectivity index (χ1n) is 10.4. The van der Waals surface area contributed by atoms with E-state index in [1.54, 1.807) is 46.5 Å². The lowest BCUT2D eigenvalue weighted by molar-refractivity contribution is -0.129. The summed E-state index contributed by atoms with van der Waals surface area (Å²) in [6.07, 6.45) is -0.359. The second-order valence-electron chi connectivity index (χ2n) is 7.18. The molecule has 3 rings (SSSR count). The summed E-state index contributed by atoms with van der Waals surface area (Å²) in [4.78, 5) is 56.2. The molecule has 2 aromatic rings. The first kappa shape index (κ1) is 24.8. The number of hydrogen-bond acceptors (Lipinski definition) is 8. The van der Waals surface area contributed by atoms with E-state index in [-0.39, 0.29) is 29.4 Å². The number of amides is 3. The quantitative estimate of drug-likeness (QED) is 0.560. The third-order valence-corrected chi connectivity index (χ3v) is 7.06. The third-order valence-electron chi connectivity index (χ3n) is 5.06. The van der Waals surface area contributed by atoms with Gasteiger partial charge in [-0.3, -0.25) is 9.59 Å². The van der Waals surface area contributed by atoms with Crippen molar-refractivity contribution in [2.75, 3.05) is 51.4 Å². The molecule has 33 heavy (non-hydrogen) atoms. The van der Waals surface area contributed by atoms with Gasteiger partial charge in [-0.1, -0.05) is 11.3 Å². The molecule has 1 aromatic carbocycles. The van der Waals surface area contributed by atoms with Crippen LogP contribution in [0, 0.1) is 0 Å². The van der Waals surface area contributed by atoms with Crippen LogP contribution in [0.1, 0.15) is 17.3 Å². The molecule has 0 atom stereocenters. The standard InChI is InChI=1S/C21H26N4O6S2/c1-4-31-21(29)25-9-7-24(8-10-25)18(27)13-32-12-17(26)22-20-23(2)15-6-5-14(19(28)30-3)11-16(15)33-20/h5-6,11H,4,7-10,12-13H2,1-3H3. The van der Waals surface area contributed by atoms with Crippen LogP contribution in [0.15, 0.2) is 23.2 Å². The number of hydrogen-bond donors (Lipinski definition) is 0. The number of aromatic nitrogens is 1. The lowest BCUT2D eigenvalue weighted by Gasteiger charge is -2.34. The van der Waals surface area contributed by atoms with Gasteiger partial charge in [0.2, 0.25) is 5.91 Å². The number of benzene rings is 1. The number of aryl methyl sites for hydroxylation is 1. The van der Waals surface area contributed by atoms with E-state index in [2.05, 4.69) is 4.99 Å². The average Bonchev–Trinajstić information content (AvgIpc) is 3.12. The number of fused-ring (bicyclic) bond motifs is 1. The van der Waals surface area contributed by atoms with Crippen molar-refractivity contribution >= 4 is 57.2 Å². The normalized spacial score (nSPS) is 14.5. The van der Waals surface area contributed by atoms with Crippen molar-refractivity contribution in [1.82, 2.24) is 14.4 Å². The highest BCUT2D eigenvalue weighted by atomic mass is 32.2. The molecule has 0 saturated carbocycles. The van der Waals surface area contributed by atoms with Crippen LogP contribution in [0.2, 0.25) is 0 Å². The number of methoxy groups -OCH3 is 1. The molecule has 1 aliphatic rings. The molecule has 0 spiro atoms. The highest BCUT2D eigenvalue weighted by Crippen LogP contribution is 2.19. The molecule has 12 heteroatoms. The molecule has 0 unspecified atom stereocenters. The maximum absolute atomic E-state index is 12.4. The number of nitrogens with zero attached hydrogens (tertiary/aromatic N) is 4. The van der Waals surface area contributed by atoms with Gasteiger partial charge in [0.05, 0.1) is 41.0 Å². The van der Waals surface area contributed by atoms with E-state index in [9.17, 15) is 19.2 Å². The fourth-order valence-electron chi connectivity index (χ4n) is 3.29. The summed E-state index contributed by atoms with van der Waals surface area (Å²) < 4.78 is 12.3. The Kier molecular flexibility index (Phi) is 8.50. The van der Waals surface area contributed by atoms with Crippen molar-refractivity contribution in [3.8, 4) is 0 Å². The number of carbonyl (C=O) groups excluding carboxylic acids is 4. The smallest absolute Gasteiger partial charge is 0.409 e. The zero-order valence-electron chi connectivity index (χ0n) is 18.7. The SMILES string of the molecule is CCOC(=O)N1CCN(C(=O)CSCC(=O)N=c2sc3cc(C(=O)OC)ccc3n2C)CC1. The number of ether oxygens (including phenoxy) is 2. The summed E-state index contributed by atoms with van der Waals surface area (Å²) in [5, 5.41) is 0. The second kappa shape index (κ2) is 11.3. The number of thiazole rings is 1. The summed E-state index contributed by atoms with van der Waals surface area (Å²) in [5.41, 5.74) is 1.28. The second-order valence-corrected chi connectivity index (χ2v) is 9.18. The molecule has 10 nitrogen and oxygen atoms in total. The zero-order valence-corrected chi connectivity index (χ0v) is 20.4. The first-order chi connectivity index (χ1) is 15.8. The number of rotatable bonds is 6. The Morgan fingerprint density at radius 2 is 1.79 bits per heavy atom. The molecule has 3 amide bonds. The largest absolute Gasteiger partial charge is 0.465 e. The van der Waals surface area contributed by atoms with Gasteiger partial charge in [-0.25, -0.2) is 9.59 Å². The van der Waals surface area contributed by atoms with E-state index < -0.39 is 5.97 Å². The Labute approximate surface area is 199 Å². The van der Waals surface area contributed by atoms with Gasteiger partial charge >= 0.3 is 12.1 Å². The minimum Gasteiger partial charge on any atom is -0.465 e. The van der Waals surface area contributed by atoms with Crippen LogP contribution in [0.25, 0.3) is 10.2 Å². The fourth-order valence-corrected chi connectivity index (χ4v) is 5.07. The van der Waals surface area contributed by atoms with E-state index in [4.69, 9.17) is 9.47 Å². The highest BCUT2D eigenvalue weighted by molar-refractivity contribution is 8.00. The zero-order chi connectivity index (χ0) is 24.0. The average molecular weight is 495 g/mol. The molecule has 1 aromatic heterocycles. The van der Waals surface area contributed by atoms with E-state index in [0.29, 0.717) is 43.2 Å². The molecule has 0 radical (unpaired) electrons. The van der Waals surface area contributed by atoms with Crippen molar-refractivity contribution in [3.63, 3.8) is 0 Å². The Balaban J connectivity index is 1.52. The molecular weight excluding hydrogens is 468 g/mol. The Morgan fingerprint density at radius 1 is 1.09 bits per heavy atom. The molecule has 1 aliphatic heterocycles. The van der Waals surface area contributed by atoms with E-state index >= 15 is 0 Å². The van der Waals surface area contributed by atoms with Crippen LogP contribution >= 0.6 is 23.1 Å². The van der Waals surface area contributed by atoms with Crippen molar-refractivity contribution in [2.24, 2.45) is 12.0 Å². The van der Waals surface area contributed by atoms with Crippen molar-refractivity contribution in [2.45, 2.75) is 6.92 Å². The van der Waals surface area contributed by atoms with Gasteiger partial charge in [0.15, 0.2) is 4.80 Å². The number of piperazine rings is 1. The van der Waals surface area contributed by atoms with Crippen LogP contribution < -0.4 is 4.80 Å². The maximum Gasteiger partial charge on any atom is 0.409 e. The molecule has 2 heterocycles. The lowest BCUT2D eigenvalue weighted by Crippen LogP contribution is -2.51. The first-order valence-corrected chi connectivity index (χ1v) is 12.3. The summed E-state index contributed by atoms with van der Waals surface area (Å²) in [6, 6.07) is 5.17. The number of esters is 1. The monoisotopic (exact) mass is 494 g/mol. The molecule has 1 fully saturated rings. The number of thioether (sulfide) groups is 1. The molecule has 0 N–H and O–H groups in total. The Bertz CT molecular complexity index is 1120. The number of carbonyl (C=O) groups is 4. The third kappa shape index (κ3) is 6.14. The maximum atomic E-state index is 12.4. The Morgan fingerprint density at radius 3 is 2.45 bits per heavy atom. The van der Waals surface area contributed by atoms with Crippen molar-refractivity contribution in [3.05, 3.63) is 28.6 Å².